The van der Waals surface area contributed by atoms with E-state index in [9.17, 15) is 5.11 Å². The van der Waals surface area contributed by atoms with Crippen LogP contribution < -0.4 is 0 Å². The molecule has 4 nitrogen and oxygen atoms in total. The van der Waals surface area contributed by atoms with Gasteiger partial charge in [-0.15, -0.1) is 0 Å². The van der Waals surface area contributed by atoms with Crippen molar-refractivity contribution in [2.75, 3.05) is 27.2 Å². The maximum atomic E-state index is 9.48. The number of aromatic hydroxyl groups is 2. The van der Waals surface area contributed by atoms with E-state index < -0.39 is 0 Å². The van der Waals surface area contributed by atoms with Gasteiger partial charge < -0.3 is 15.1 Å². The summed E-state index contributed by atoms with van der Waals surface area (Å²) in [4.78, 5) is 6.32. The van der Waals surface area contributed by atoms with E-state index in [-0.39, 0.29) is 11.5 Å². The van der Waals surface area contributed by atoms with Gasteiger partial charge >= 0.3 is 0 Å². The second-order valence-corrected chi connectivity index (χ2v) is 3.94. The minimum Gasteiger partial charge on any atom is -0.508 e. The van der Waals surface area contributed by atoms with Gasteiger partial charge in [-0.3, -0.25) is 4.99 Å². The number of benzene rings is 1. The lowest BCUT2D eigenvalue weighted by Crippen LogP contribution is -2.13. The first-order valence-electron chi connectivity index (χ1n) is 5.26. The summed E-state index contributed by atoms with van der Waals surface area (Å²) in [5, 5.41) is 18.6. The zero-order valence-corrected chi connectivity index (χ0v) is 9.72. The third-order valence-corrected chi connectivity index (χ3v) is 2.14. The second-order valence-electron chi connectivity index (χ2n) is 3.94. The van der Waals surface area contributed by atoms with E-state index in [1.807, 2.05) is 14.1 Å². The maximum Gasteiger partial charge on any atom is 0.128 e. The molecule has 0 fully saturated rings. The molecule has 2 N–H and O–H groups in total. The third-order valence-electron chi connectivity index (χ3n) is 2.14. The van der Waals surface area contributed by atoms with Gasteiger partial charge in [0.2, 0.25) is 0 Å². The molecule has 0 aromatic heterocycles. The van der Waals surface area contributed by atoms with Crippen LogP contribution >= 0.6 is 0 Å². The van der Waals surface area contributed by atoms with Crippen molar-refractivity contribution >= 4 is 6.21 Å². The molecule has 0 saturated carbocycles. The number of phenols is 2. The highest BCUT2D eigenvalue weighted by Crippen LogP contribution is 2.20. The van der Waals surface area contributed by atoms with Crippen molar-refractivity contribution < 1.29 is 10.2 Å². The molecule has 0 unspecified atom stereocenters. The molecule has 0 spiro atoms. The Hall–Kier alpha value is -1.55. The topological polar surface area (TPSA) is 56.1 Å². The molecule has 0 aliphatic carbocycles. The van der Waals surface area contributed by atoms with Gasteiger partial charge in [0.05, 0.1) is 0 Å². The normalized spacial score (nSPS) is 11.4. The van der Waals surface area contributed by atoms with E-state index in [1.54, 1.807) is 12.3 Å². The van der Waals surface area contributed by atoms with Gasteiger partial charge in [0.25, 0.3) is 0 Å². The molecule has 0 heterocycles. The van der Waals surface area contributed by atoms with Crippen molar-refractivity contribution in [1.29, 1.82) is 0 Å². The fraction of sp³-hybridized carbons (Fsp3) is 0.417. The van der Waals surface area contributed by atoms with Crippen molar-refractivity contribution in [3.05, 3.63) is 23.8 Å². The molecule has 0 radical (unpaired) electrons. The van der Waals surface area contributed by atoms with Crippen LogP contribution in [0.15, 0.2) is 23.2 Å². The molecule has 0 aliphatic heterocycles. The first-order valence-corrected chi connectivity index (χ1v) is 5.26. The first kappa shape index (κ1) is 12.5. The van der Waals surface area contributed by atoms with Crippen LogP contribution in [0, 0.1) is 0 Å². The van der Waals surface area contributed by atoms with Crippen molar-refractivity contribution in [2.45, 2.75) is 6.42 Å². The Morgan fingerprint density at radius 3 is 2.69 bits per heavy atom. The van der Waals surface area contributed by atoms with E-state index in [1.165, 1.54) is 12.1 Å². The van der Waals surface area contributed by atoms with Crippen LogP contribution in [0.25, 0.3) is 0 Å². The van der Waals surface area contributed by atoms with Gasteiger partial charge in [0.1, 0.15) is 11.5 Å². The summed E-state index contributed by atoms with van der Waals surface area (Å²) < 4.78 is 0. The summed E-state index contributed by atoms with van der Waals surface area (Å²) in [6.45, 7) is 1.73. The van der Waals surface area contributed by atoms with Gasteiger partial charge in [-0.1, -0.05) is 0 Å². The minimum absolute atomic E-state index is 0.0522. The van der Waals surface area contributed by atoms with Gasteiger partial charge in [-0.05, 0) is 39.2 Å². The Labute approximate surface area is 95.9 Å². The Balaban J connectivity index is 2.44. The van der Waals surface area contributed by atoms with E-state index in [0.717, 1.165) is 19.5 Å². The third kappa shape index (κ3) is 4.31. The standard InChI is InChI=1S/C12H18N2O2/c1-14(2)7-3-6-13-9-10-4-5-11(15)8-12(10)16/h4-5,8-9,15-16H,3,6-7H2,1-2H3/b13-9+. The van der Waals surface area contributed by atoms with Crippen LogP contribution in [0.5, 0.6) is 11.5 Å². The number of hydrogen-bond donors (Lipinski definition) is 2. The average Bonchev–Trinajstić information content (AvgIpc) is 2.20. The number of phenolic OH excluding ortho intramolecular Hbond substituents is 2. The van der Waals surface area contributed by atoms with Crippen LogP contribution in [0.1, 0.15) is 12.0 Å². The van der Waals surface area contributed by atoms with Crippen molar-refractivity contribution in [1.82, 2.24) is 4.90 Å². The highest BCUT2D eigenvalue weighted by atomic mass is 16.3. The molecule has 0 atom stereocenters. The quantitative estimate of drug-likeness (QED) is 0.586. The van der Waals surface area contributed by atoms with Crippen LogP contribution in [-0.2, 0) is 0 Å². The Kier molecular flexibility index (Phi) is 4.79. The number of hydrogen-bond acceptors (Lipinski definition) is 4. The van der Waals surface area contributed by atoms with Gasteiger partial charge in [-0.25, -0.2) is 0 Å². The monoisotopic (exact) mass is 222 g/mol. The summed E-state index contributed by atoms with van der Waals surface area (Å²) >= 11 is 0. The van der Waals surface area contributed by atoms with Gasteiger partial charge in [0, 0.05) is 24.4 Å². The van der Waals surface area contributed by atoms with Crippen LogP contribution in [0.4, 0.5) is 0 Å². The van der Waals surface area contributed by atoms with E-state index in [4.69, 9.17) is 5.11 Å². The predicted octanol–water partition coefficient (Wildman–Crippen LogP) is 1.47. The van der Waals surface area contributed by atoms with Crippen molar-refractivity contribution in [3.63, 3.8) is 0 Å². The second kappa shape index (κ2) is 6.12. The van der Waals surface area contributed by atoms with Crippen molar-refractivity contribution in [3.8, 4) is 11.5 Å². The SMILES string of the molecule is CN(C)CCC/N=C/c1ccc(O)cc1O. The van der Waals surface area contributed by atoms with Crippen LogP contribution in [0.3, 0.4) is 0 Å². The molecular formula is C12H18N2O2. The molecule has 0 amide bonds. The Morgan fingerprint density at radius 1 is 1.31 bits per heavy atom. The molecule has 1 aromatic carbocycles. The fourth-order valence-corrected chi connectivity index (χ4v) is 1.28. The lowest BCUT2D eigenvalue weighted by Gasteiger charge is -2.06. The van der Waals surface area contributed by atoms with E-state index in [2.05, 4.69) is 9.89 Å². The molecule has 0 bridgehead atoms. The lowest BCUT2D eigenvalue weighted by molar-refractivity contribution is 0.403. The number of aliphatic imine (C=N–C) groups is 1. The first-order chi connectivity index (χ1) is 7.59. The summed E-state index contributed by atoms with van der Waals surface area (Å²) in [6.07, 6.45) is 2.62. The van der Waals surface area contributed by atoms with E-state index >= 15 is 0 Å². The summed E-state index contributed by atoms with van der Waals surface area (Å²) in [5.41, 5.74) is 0.627. The Morgan fingerprint density at radius 2 is 2.06 bits per heavy atom. The smallest absolute Gasteiger partial charge is 0.128 e. The van der Waals surface area contributed by atoms with Crippen LogP contribution in [-0.4, -0.2) is 48.5 Å². The average molecular weight is 222 g/mol. The zero-order chi connectivity index (χ0) is 12.0. The van der Waals surface area contributed by atoms with Gasteiger partial charge in [0.15, 0.2) is 0 Å². The lowest BCUT2D eigenvalue weighted by atomic mass is 10.2. The van der Waals surface area contributed by atoms with Crippen LogP contribution in [0.2, 0.25) is 0 Å². The number of nitrogens with zero attached hydrogens (tertiary/aromatic N) is 2. The molecule has 0 saturated heterocycles. The molecule has 88 valence electrons. The predicted molar refractivity (Wildman–Crippen MR) is 65.4 cm³/mol. The van der Waals surface area contributed by atoms with E-state index in [0.29, 0.717) is 5.56 Å². The fourth-order valence-electron chi connectivity index (χ4n) is 1.28. The Bertz CT molecular complexity index is 362. The molecular weight excluding hydrogens is 204 g/mol. The highest BCUT2D eigenvalue weighted by molar-refractivity contribution is 5.83. The molecule has 16 heavy (non-hydrogen) atoms. The van der Waals surface area contributed by atoms with Gasteiger partial charge in [-0.2, -0.15) is 0 Å². The minimum atomic E-state index is 0.0522. The highest BCUT2D eigenvalue weighted by Gasteiger charge is 1.98. The zero-order valence-electron chi connectivity index (χ0n) is 9.72. The van der Waals surface area contributed by atoms with Crippen molar-refractivity contribution in [2.24, 2.45) is 4.99 Å². The number of rotatable bonds is 5. The summed E-state index contributed by atoms with van der Waals surface area (Å²) in [6, 6.07) is 4.47. The maximum absolute atomic E-state index is 9.48. The summed E-state index contributed by atoms with van der Waals surface area (Å²) in [5.74, 6) is 0.110. The molecule has 4 heteroatoms. The molecule has 1 rings (SSSR count). The summed E-state index contributed by atoms with van der Waals surface area (Å²) in [7, 11) is 4.05. The largest absolute Gasteiger partial charge is 0.508 e. The molecule has 0 aliphatic rings. The molecule has 1 aromatic rings.